The summed E-state index contributed by atoms with van der Waals surface area (Å²) in [7, 11) is 0. The van der Waals surface area contributed by atoms with Crippen LogP contribution in [0.4, 0.5) is 5.95 Å². The standard InChI is InChI=1S/C8H7N5O/c14-7-5-4-10-12-6(5)13-3-1-2-9-8(13)11-7/h1-2,4H,3H2,(H,10,12)(H,9,11,14). The molecule has 0 saturated carbocycles. The molecule has 0 atom stereocenters. The molecule has 0 unspecified atom stereocenters. The quantitative estimate of drug-likeness (QED) is 0.614. The Balaban J connectivity index is 2.47. The number of nitrogens with zero attached hydrogens (tertiary/aromatic N) is 3. The normalized spacial score (nSPS) is 14.0. The summed E-state index contributed by atoms with van der Waals surface area (Å²) in [6.45, 7) is 0.689. The van der Waals surface area contributed by atoms with Crippen LogP contribution in [0.3, 0.4) is 0 Å². The molecule has 0 radical (unpaired) electrons. The van der Waals surface area contributed by atoms with E-state index in [9.17, 15) is 4.79 Å². The van der Waals surface area contributed by atoms with Crippen LogP contribution in [0.25, 0.3) is 11.0 Å². The summed E-state index contributed by atoms with van der Waals surface area (Å²) in [5.41, 5.74) is 0.444. The predicted octanol–water partition coefficient (Wildman–Crippen LogP) is 0.0588. The molecule has 3 heterocycles. The second-order valence-corrected chi connectivity index (χ2v) is 3.03. The van der Waals surface area contributed by atoms with Gasteiger partial charge in [0.25, 0.3) is 5.56 Å². The van der Waals surface area contributed by atoms with E-state index >= 15 is 0 Å². The van der Waals surface area contributed by atoms with E-state index in [1.165, 1.54) is 6.20 Å². The first kappa shape index (κ1) is 7.31. The fourth-order valence-electron chi connectivity index (χ4n) is 1.54. The number of fused-ring (bicyclic) bond motifs is 3. The summed E-state index contributed by atoms with van der Waals surface area (Å²) in [5, 5.41) is 10.0. The van der Waals surface area contributed by atoms with Gasteiger partial charge in [0.2, 0.25) is 5.95 Å². The van der Waals surface area contributed by atoms with Gasteiger partial charge in [-0.25, -0.2) is 0 Å². The van der Waals surface area contributed by atoms with Gasteiger partial charge in [-0.05, 0) is 6.08 Å². The Labute approximate surface area is 78.3 Å². The lowest BCUT2D eigenvalue weighted by Gasteiger charge is -2.14. The second-order valence-electron chi connectivity index (χ2n) is 3.03. The van der Waals surface area contributed by atoms with Gasteiger partial charge >= 0.3 is 0 Å². The van der Waals surface area contributed by atoms with E-state index < -0.39 is 0 Å². The second kappa shape index (κ2) is 2.44. The number of aromatic amines is 1. The van der Waals surface area contributed by atoms with Crippen LogP contribution in [0, 0.1) is 0 Å². The summed E-state index contributed by atoms with van der Waals surface area (Å²) < 4.78 is 1.86. The van der Waals surface area contributed by atoms with Gasteiger partial charge in [-0.3, -0.25) is 14.5 Å². The highest BCUT2D eigenvalue weighted by molar-refractivity contribution is 5.75. The van der Waals surface area contributed by atoms with Crippen molar-refractivity contribution in [1.82, 2.24) is 19.7 Å². The number of hydrogen-bond acceptors (Lipinski definition) is 4. The molecule has 0 spiro atoms. The topological polar surface area (TPSA) is 75.6 Å². The van der Waals surface area contributed by atoms with Gasteiger partial charge in [-0.1, -0.05) is 0 Å². The number of nitrogens with one attached hydrogen (secondary N) is 2. The summed E-state index contributed by atoms with van der Waals surface area (Å²) in [4.78, 5) is 15.4. The molecule has 0 aromatic carbocycles. The number of hydrogen-bond donors (Lipinski definition) is 2. The molecule has 14 heavy (non-hydrogen) atoms. The maximum atomic E-state index is 11.5. The molecule has 1 aliphatic rings. The maximum absolute atomic E-state index is 11.5. The fourth-order valence-corrected chi connectivity index (χ4v) is 1.54. The van der Waals surface area contributed by atoms with Crippen molar-refractivity contribution in [3.05, 3.63) is 28.8 Å². The number of aromatic nitrogens is 4. The minimum Gasteiger partial charge on any atom is -0.332 e. The molecule has 0 bridgehead atoms. The number of rotatable bonds is 0. The Bertz CT molecular complexity index is 579. The molecule has 0 fully saturated rings. The van der Waals surface area contributed by atoms with Crippen molar-refractivity contribution in [3.8, 4) is 0 Å². The van der Waals surface area contributed by atoms with E-state index in [4.69, 9.17) is 0 Å². The average Bonchev–Trinajstić information content (AvgIpc) is 2.67. The molecule has 0 saturated heterocycles. The van der Waals surface area contributed by atoms with Gasteiger partial charge in [0.15, 0.2) is 0 Å². The number of allylic oxidation sites excluding steroid dienone is 1. The summed E-state index contributed by atoms with van der Waals surface area (Å²) in [6.07, 6.45) is 5.21. The summed E-state index contributed by atoms with van der Waals surface area (Å²) >= 11 is 0. The van der Waals surface area contributed by atoms with Crippen molar-refractivity contribution in [2.75, 3.05) is 5.32 Å². The lowest BCUT2D eigenvalue weighted by atomic mass is 10.4. The van der Waals surface area contributed by atoms with Gasteiger partial charge in [0, 0.05) is 12.7 Å². The van der Waals surface area contributed by atoms with Crippen LogP contribution in [0.5, 0.6) is 0 Å². The zero-order valence-electron chi connectivity index (χ0n) is 7.19. The van der Waals surface area contributed by atoms with Crippen molar-refractivity contribution in [2.45, 2.75) is 6.54 Å². The Kier molecular flexibility index (Phi) is 1.27. The fraction of sp³-hybridized carbons (Fsp3) is 0.125. The first-order valence-electron chi connectivity index (χ1n) is 4.22. The zero-order valence-corrected chi connectivity index (χ0v) is 7.19. The lowest BCUT2D eigenvalue weighted by Crippen LogP contribution is -2.19. The Morgan fingerprint density at radius 3 is 3.36 bits per heavy atom. The van der Waals surface area contributed by atoms with Crippen LogP contribution < -0.4 is 10.9 Å². The lowest BCUT2D eigenvalue weighted by molar-refractivity contribution is 0.799. The molecule has 2 N–H and O–H groups in total. The molecule has 2 aromatic heterocycles. The smallest absolute Gasteiger partial charge is 0.285 e. The first-order valence-corrected chi connectivity index (χ1v) is 4.22. The van der Waals surface area contributed by atoms with Crippen LogP contribution in [0.15, 0.2) is 23.3 Å². The Hall–Kier alpha value is -2.11. The van der Waals surface area contributed by atoms with Crippen LogP contribution in [-0.4, -0.2) is 19.7 Å². The van der Waals surface area contributed by atoms with Gasteiger partial charge in [-0.15, -0.1) is 0 Å². The minimum atomic E-state index is -0.261. The van der Waals surface area contributed by atoms with Crippen molar-refractivity contribution in [2.24, 2.45) is 0 Å². The first-order chi connectivity index (χ1) is 6.86. The molecule has 0 amide bonds. The SMILES string of the molecule is O=c1nc2n(c3[nH]ncc13)CC=CN2. The third kappa shape index (κ3) is 0.819. The highest BCUT2D eigenvalue weighted by Crippen LogP contribution is 2.13. The minimum absolute atomic E-state index is 0.261. The summed E-state index contributed by atoms with van der Waals surface area (Å²) in [6, 6.07) is 0. The van der Waals surface area contributed by atoms with Gasteiger partial charge < -0.3 is 5.32 Å². The van der Waals surface area contributed by atoms with Crippen LogP contribution >= 0.6 is 0 Å². The predicted molar refractivity (Wildman–Crippen MR) is 50.9 cm³/mol. The molecule has 2 aromatic rings. The molecular weight excluding hydrogens is 182 g/mol. The largest absolute Gasteiger partial charge is 0.332 e. The number of anilines is 1. The molecule has 70 valence electrons. The Morgan fingerprint density at radius 2 is 2.43 bits per heavy atom. The van der Waals surface area contributed by atoms with Gasteiger partial charge in [-0.2, -0.15) is 10.1 Å². The maximum Gasteiger partial charge on any atom is 0.285 e. The van der Waals surface area contributed by atoms with Crippen LogP contribution in [0.1, 0.15) is 0 Å². The molecule has 6 heteroatoms. The van der Waals surface area contributed by atoms with E-state index in [-0.39, 0.29) is 5.56 Å². The highest BCUT2D eigenvalue weighted by atomic mass is 16.1. The molecule has 1 aliphatic heterocycles. The van der Waals surface area contributed by atoms with Gasteiger partial charge in [0.1, 0.15) is 11.0 Å². The van der Waals surface area contributed by atoms with Crippen molar-refractivity contribution < 1.29 is 0 Å². The van der Waals surface area contributed by atoms with Crippen LogP contribution in [-0.2, 0) is 6.54 Å². The van der Waals surface area contributed by atoms with E-state index in [2.05, 4.69) is 20.5 Å². The van der Waals surface area contributed by atoms with E-state index in [1.807, 2.05) is 10.6 Å². The molecular formula is C8H7N5O. The Morgan fingerprint density at radius 1 is 1.50 bits per heavy atom. The molecule has 3 rings (SSSR count). The van der Waals surface area contributed by atoms with Crippen molar-refractivity contribution in [3.63, 3.8) is 0 Å². The van der Waals surface area contributed by atoms with E-state index in [1.54, 1.807) is 6.20 Å². The highest BCUT2D eigenvalue weighted by Gasteiger charge is 2.12. The van der Waals surface area contributed by atoms with Crippen LogP contribution in [0.2, 0.25) is 0 Å². The van der Waals surface area contributed by atoms with Gasteiger partial charge in [0.05, 0.1) is 6.20 Å². The number of H-pyrrole nitrogens is 1. The average molecular weight is 189 g/mol. The van der Waals surface area contributed by atoms with E-state index in [0.29, 0.717) is 23.5 Å². The van der Waals surface area contributed by atoms with Crippen molar-refractivity contribution in [1.29, 1.82) is 0 Å². The summed E-state index contributed by atoms with van der Waals surface area (Å²) in [5.74, 6) is 0.550. The van der Waals surface area contributed by atoms with Crippen molar-refractivity contribution >= 4 is 17.0 Å². The third-order valence-corrected chi connectivity index (χ3v) is 2.20. The van der Waals surface area contributed by atoms with E-state index in [0.717, 1.165) is 0 Å². The molecule has 6 nitrogen and oxygen atoms in total. The monoisotopic (exact) mass is 189 g/mol. The zero-order chi connectivity index (χ0) is 9.54. The molecule has 0 aliphatic carbocycles. The third-order valence-electron chi connectivity index (χ3n) is 2.20.